The molecule has 34 heavy (non-hydrogen) atoms. The van der Waals surface area contributed by atoms with Crippen molar-refractivity contribution in [3.63, 3.8) is 0 Å². The molecule has 176 valence electrons. The first-order chi connectivity index (χ1) is 16.6. The standard InChI is InChI=1S/C25H27N5O2S2/c1-14-12-32-6-5-30(14)25(31)15-3-4-18-20(8-15)34-24-22(18)23(27-13-28-24)29-19-7-16-10-26-11-17(16)9-21(19)33-2/h7,9-10,13-15H,3-6,8,11-12H2,1-2H3,(H,27,28,29)/t14-,15+/m1/s1. The van der Waals surface area contributed by atoms with E-state index in [9.17, 15) is 4.79 Å². The summed E-state index contributed by atoms with van der Waals surface area (Å²) in [4.78, 5) is 32.4. The number of carbonyl (C=O) groups is 1. The molecule has 0 spiro atoms. The number of carbonyl (C=O) groups excluding carboxylic acids is 1. The lowest BCUT2D eigenvalue weighted by Crippen LogP contribution is -2.50. The molecule has 9 heteroatoms. The van der Waals surface area contributed by atoms with Crippen molar-refractivity contribution in [2.24, 2.45) is 10.9 Å². The van der Waals surface area contributed by atoms with Crippen molar-refractivity contribution < 1.29 is 9.53 Å². The lowest BCUT2D eigenvalue weighted by Gasteiger charge is -2.36. The van der Waals surface area contributed by atoms with Crippen LogP contribution < -0.4 is 5.32 Å². The van der Waals surface area contributed by atoms with Gasteiger partial charge in [-0.15, -0.1) is 23.1 Å². The van der Waals surface area contributed by atoms with Crippen LogP contribution in [-0.2, 0) is 28.9 Å². The Balaban J connectivity index is 1.31. The fourth-order valence-electron chi connectivity index (χ4n) is 5.24. The fraction of sp³-hybridized carbons (Fsp3) is 0.440. The van der Waals surface area contributed by atoms with Gasteiger partial charge in [0, 0.05) is 28.4 Å². The molecule has 1 aromatic carbocycles. The summed E-state index contributed by atoms with van der Waals surface area (Å²) < 4.78 is 5.53. The van der Waals surface area contributed by atoms with Crippen LogP contribution in [0.2, 0.25) is 0 Å². The van der Waals surface area contributed by atoms with Gasteiger partial charge in [-0.25, -0.2) is 9.97 Å². The number of rotatable bonds is 4. The molecule has 1 amide bonds. The van der Waals surface area contributed by atoms with Crippen molar-refractivity contribution in [2.75, 3.05) is 31.3 Å². The van der Waals surface area contributed by atoms with Gasteiger partial charge >= 0.3 is 0 Å². The predicted molar refractivity (Wildman–Crippen MR) is 138 cm³/mol. The second kappa shape index (κ2) is 8.94. The summed E-state index contributed by atoms with van der Waals surface area (Å²) in [6, 6.07) is 4.54. The van der Waals surface area contributed by atoms with Gasteiger partial charge in [0.05, 0.1) is 36.9 Å². The maximum Gasteiger partial charge on any atom is 0.226 e. The molecule has 0 radical (unpaired) electrons. The topological polar surface area (TPSA) is 79.7 Å². The monoisotopic (exact) mass is 493 g/mol. The number of aliphatic imine (C=N–C) groups is 1. The summed E-state index contributed by atoms with van der Waals surface area (Å²) in [6.45, 7) is 4.78. The minimum absolute atomic E-state index is 0.0320. The Morgan fingerprint density at radius 2 is 2.24 bits per heavy atom. The Morgan fingerprint density at radius 3 is 3.09 bits per heavy atom. The normalized spacial score (nSPS) is 21.5. The Bertz CT molecular complexity index is 1300. The van der Waals surface area contributed by atoms with Crippen molar-refractivity contribution in [2.45, 2.75) is 43.7 Å². The van der Waals surface area contributed by atoms with Crippen molar-refractivity contribution in [3.05, 3.63) is 40.0 Å². The summed E-state index contributed by atoms with van der Waals surface area (Å²) in [5.74, 6) is 1.15. The van der Waals surface area contributed by atoms with E-state index >= 15 is 0 Å². The SMILES string of the molecule is CSc1cc2c(cc1Nc1ncnc3sc4c(c13)CC[C@H](C(=O)N1CCOC[C@H]1C)C4)C=NC2. The van der Waals surface area contributed by atoms with Crippen LogP contribution in [0.4, 0.5) is 11.5 Å². The molecule has 3 aliphatic rings. The lowest BCUT2D eigenvalue weighted by atomic mass is 9.86. The van der Waals surface area contributed by atoms with E-state index in [1.165, 1.54) is 20.9 Å². The highest BCUT2D eigenvalue weighted by Crippen LogP contribution is 2.42. The van der Waals surface area contributed by atoms with Crippen LogP contribution in [0.3, 0.4) is 0 Å². The minimum atomic E-state index is 0.0320. The van der Waals surface area contributed by atoms with E-state index in [0.29, 0.717) is 19.8 Å². The van der Waals surface area contributed by atoms with Gasteiger partial charge in [0.2, 0.25) is 5.91 Å². The third-order valence-corrected chi connectivity index (χ3v) is 8.99. The summed E-state index contributed by atoms with van der Waals surface area (Å²) in [6.07, 6.45) is 8.19. The zero-order valence-electron chi connectivity index (χ0n) is 19.3. The Hall–Kier alpha value is -2.49. The zero-order valence-corrected chi connectivity index (χ0v) is 21.0. The summed E-state index contributed by atoms with van der Waals surface area (Å²) >= 11 is 3.43. The maximum atomic E-state index is 13.3. The van der Waals surface area contributed by atoms with Gasteiger partial charge in [-0.2, -0.15) is 0 Å². The molecule has 2 atom stereocenters. The van der Waals surface area contributed by atoms with Gasteiger partial charge in [-0.3, -0.25) is 9.79 Å². The van der Waals surface area contributed by atoms with Gasteiger partial charge in [0.25, 0.3) is 0 Å². The van der Waals surface area contributed by atoms with E-state index in [0.717, 1.165) is 53.1 Å². The number of aromatic nitrogens is 2. The molecule has 1 N–H and O–H groups in total. The molecule has 1 aliphatic carbocycles. The smallest absolute Gasteiger partial charge is 0.226 e. The van der Waals surface area contributed by atoms with Gasteiger partial charge in [-0.1, -0.05) is 0 Å². The van der Waals surface area contributed by atoms with Crippen LogP contribution in [0, 0.1) is 5.92 Å². The minimum Gasteiger partial charge on any atom is -0.377 e. The third-order valence-electron chi connectivity index (χ3n) is 7.05. The molecule has 1 saturated heterocycles. The van der Waals surface area contributed by atoms with Gasteiger partial charge < -0.3 is 15.0 Å². The van der Waals surface area contributed by atoms with E-state index in [1.54, 1.807) is 29.4 Å². The number of ether oxygens (including phenoxy) is 1. The van der Waals surface area contributed by atoms with E-state index in [1.807, 2.05) is 11.1 Å². The fourth-order valence-corrected chi connectivity index (χ4v) is 7.09. The number of fused-ring (bicyclic) bond motifs is 4. The van der Waals surface area contributed by atoms with Crippen molar-refractivity contribution in [1.29, 1.82) is 0 Å². The van der Waals surface area contributed by atoms with Crippen molar-refractivity contribution >= 4 is 56.9 Å². The number of hydrogen-bond acceptors (Lipinski definition) is 8. The lowest BCUT2D eigenvalue weighted by molar-refractivity contribution is -0.143. The van der Waals surface area contributed by atoms with E-state index in [-0.39, 0.29) is 17.9 Å². The van der Waals surface area contributed by atoms with E-state index < -0.39 is 0 Å². The van der Waals surface area contributed by atoms with Crippen LogP contribution >= 0.6 is 23.1 Å². The molecule has 2 aromatic heterocycles. The molecular weight excluding hydrogens is 466 g/mol. The molecule has 0 unspecified atom stereocenters. The Morgan fingerprint density at radius 1 is 1.32 bits per heavy atom. The molecular formula is C25H27N5O2S2. The molecule has 4 heterocycles. The third kappa shape index (κ3) is 3.79. The van der Waals surface area contributed by atoms with Crippen LogP contribution in [-0.4, -0.2) is 59.0 Å². The molecule has 2 aliphatic heterocycles. The summed E-state index contributed by atoms with van der Waals surface area (Å²) in [5.41, 5.74) is 4.78. The van der Waals surface area contributed by atoms with Crippen molar-refractivity contribution in [1.82, 2.24) is 14.9 Å². The number of nitrogens with zero attached hydrogens (tertiary/aromatic N) is 4. The number of amides is 1. The molecule has 0 saturated carbocycles. The number of thioether (sulfide) groups is 1. The zero-order chi connectivity index (χ0) is 23.2. The van der Waals surface area contributed by atoms with Crippen molar-refractivity contribution in [3.8, 4) is 0 Å². The van der Waals surface area contributed by atoms with Gasteiger partial charge in [0.15, 0.2) is 0 Å². The van der Waals surface area contributed by atoms with E-state index in [2.05, 4.69) is 45.6 Å². The highest BCUT2D eigenvalue weighted by atomic mass is 32.2. The number of thiophene rings is 1. The number of anilines is 2. The first-order valence-electron chi connectivity index (χ1n) is 11.7. The predicted octanol–water partition coefficient (Wildman–Crippen LogP) is 4.44. The first kappa shape index (κ1) is 22.0. The Labute approximate surface area is 207 Å². The van der Waals surface area contributed by atoms with Crippen LogP contribution in [0.15, 0.2) is 28.3 Å². The number of benzene rings is 1. The van der Waals surface area contributed by atoms with E-state index in [4.69, 9.17) is 4.74 Å². The summed E-state index contributed by atoms with van der Waals surface area (Å²) in [5, 5.41) is 4.71. The highest BCUT2D eigenvalue weighted by Gasteiger charge is 2.34. The van der Waals surface area contributed by atoms with Crippen LogP contribution in [0.1, 0.15) is 34.9 Å². The maximum absolute atomic E-state index is 13.3. The van der Waals surface area contributed by atoms with Gasteiger partial charge in [0.1, 0.15) is 17.0 Å². The molecule has 7 nitrogen and oxygen atoms in total. The van der Waals surface area contributed by atoms with Gasteiger partial charge in [-0.05, 0) is 61.3 Å². The van der Waals surface area contributed by atoms with Crippen LogP contribution in [0.5, 0.6) is 0 Å². The molecule has 3 aromatic rings. The second-order valence-electron chi connectivity index (χ2n) is 9.15. The number of morpholine rings is 1. The quantitative estimate of drug-likeness (QED) is 0.541. The summed E-state index contributed by atoms with van der Waals surface area (Å²) in [7, 11) is 0. The largest absolute Gasteiger partial charge is 0.377 e. The average molecular weight is 494 g/mol. The average Bonchev–Trinajstić information content (AvgIpc) is 3.47. The molecule has 6 rings (SSSR count). The van der Waals surface area contributed by atoms with Crippen LogP contribution in [0.25, 0.3) is 10.2 Å². The number of hydrogen-bond donors (Lipinski definition) is 1. The highest BCUT2D eigenvalue weighted by molar-refractivity contribution is 7.98. The molecule has 0 bridgehead atoms. The number of nitrogens with one attached hydrogen (secondary N) is 1. The first-order valence-corrected chi connectivity index (χ1v) is 13.8. The second-order valence-corrected chi connectivity index (χ2v) is 11.1. The Kier molecular flexibility index (Phi) is 5.79. The molecule has 1 fully saturated rings. The number of aryl methyl sites for hydroxylation is 1.